The standard InChI is InChI=1S/C8H11BO5/c10-4-5-13-7-2-1-3-8(6-7)14-9(11)12/h1-3,6,10-12H,4-5H2. The molecular weight excluding hydrogens is 187 g/mol. The Morgan fingerprint density at radius 1 is 1.21 bits per heavy atom. The average molecular weight is 198 g/mol. The lowest BCUT2D eigenvalue weighted by Crippen LogP contribution is -2.20. The number of aliphatic hydroxyl groups excluding tert-OH is 1. The van der Waals surface area contributed by atoms with E-state index in [0.717, 1.165) is 0 Å². The minimum atomic E-state index is -1.84. The molecule has 0 saturated heterocycles. The van der Waals surface area contributed by atoms with Crippen LogP contribution < -0.4 is 9.39 Å². The van der Waals surface area contributed by atoms with Crippen molar-refractivity contribution in [3.8, 4) is 11.5 Å². The molecule has 0 aliphatic carbocycles. The zero-order chi connectivity index (χ0) is 10.4. The van der Waals surface area contributed by atoms with Crippen molar-refractivity contribution in [2.24, 2.45) is 0 Å². The Hall–Kier alpha value is -1.24. The number of rotatable bonds is 5. The third kappa shape index (κ3) is 3.65. The summed E-state index contributed by atoms with van der Waals surface area (Å²) >= 11 is 0. The summed E-state index contributed by atoms with van der Waals surface area (Å²) in [4.78, 5) is 0. The third-order valence-corrected chi connectivity index (χ3v) is 1.41. The lowest BCUT2D eigenvalue weighted by Gasteiger charge is -2.07. The molecule has 0 radical (unpaired) electrons. The Balaban J connectivity index is 2.59. The van der Waals surface area contributed by atoms with Crippen molar-refractivity contribution in [2.75, 3.05) is 13.2 Å². The van der Waals surface area contributed by atoms with E-state index in [1.54, 1.807) is 18.2 Å². The molecule has 0 fully saturated rings. The van der Waals surface area contributed by atoms with Gasteiger partial charge in [-0.1, -0.05) is 6.07 Å². The van der Waals surface area contributed by atoms with E-state index in [2.05, 4.69) is 4.65 Å². The summed E-state index contributed by atoms with van der Waals surface area (Å²) in [5, 5.41) is 25.6. The Morgan fingerprint density at radius 3 is 2.57 bits per heavy atom. The van der Waals surface area contributed by atoms with Crippen LogP contribution in [0.25, 0.3) is 0 Å². The van der Waals surface area contributed by atoms with Crippen molar-refractivity contribution in [1.29, 1.82) is 0 Å². The van der Waals surface area contributed by atoms with Gasteiger partial charge >= 0.3 is 7.32 Å². The van der Waals surface area contributed by atoms with Gasteiger partial charge in [0.2, 0.25) is 0 Å². The Labute approximate surface area is 81.7 Å². The van der Waals surface area contributed by atoms with E-state index < -0.39 is 7.32 Å². The fraction of sp³-hybridized carbons (Fsp3) is 0.250. The van der Waals surface area contributed by atoms with Gasteiger partial charge in [0.05, 0.1) is 6.61 Å². The van der Waals surface area contributed by atoms with E-state index in [9.17, 15) is 0 Å². The highest BCUT2D eigenvalue weighted by atomic mass is 16.6. The summed E-state index contributed by atoms with van der Waals surface area (Å²) < 4.78 is 9.69. The predicted octanol–water partition coefficient (Wildman–Crippen LogP) is -0.594. The molecule has 5 nitrogen and oxygen atoms in total. The fourth-order valence-corrected chi connectivity index (χ4v) is 0.923. The molecule has 1 rings (SSSR count). The van der Waals surface area contributed by atoms with Crippen molar-refractivity contribution in [2.45, 2.75) is 0 Å². The van der Waals surface area contributed by atoms with E-state index in [1.807, 2.05) is 0 Å². The maximum atomic E-state index is 8.53. The zero-order valence-corrected chi connectivity index (χ0v) is 7.46. The van der Waals surface area contributed by atoms with Crippen LogP contribution in [0.1, 0.15) is 0 Å². The van der Waals surface area contributed by atoms with Crippen molar-refractivity contribution in [3.63, 3.8) is 0 Å². The molecule has 1 aromatic carbocycles. The maximum Gasteiger partial charge on any atom is 0.707 e. The molecule has 0 spiro atoms. The molecule has 14 heavy (non-hydrogen) atoms. The van der Waals surface area contributed by atoms with Gasteiger partial charge in [0.15, 0.2) is 0 Å². The maximum absolute atomic E-state index is 8.53. The molecule has 0 atom stereocenters. The minimum absolute atomic E-state index is 0.0757. The third-order valence-electron chi connectivity index (χ3n) is 1.41. The second kappa shape index (κ2) is 5.49. The average Bonchev–Trinajstić information content (AvgIpc) is 2.14. The van der Waals surface area contributed by atoms with Gasteiger partial charge in [-0.3, -0.25) is 0 Å². The van der Waals surface area contributed by atoms with E-state index >= 15 is 0 Å². The number of ether oxygens (including phenoxy) is 1. The van der Waals surface area contributed by atoms with Crippen LogP contribution in [0.4, 0.5) is 0 Å². The minimum Gasteiger partial charge on any atom is -0.512 e. The molecule has 1 aromatic rings. The molecule has 0 heterocycles. The first-order valence-corrected chi connectivity index (χ1v) is 4.09. The summed E-state index contributed by atoms with van der Waals surface area (Å²) in [7, 11) is -1.84. The van der Waals surface area contributed by atoms with Gasteiger partial charge in [-0.2, -0.15) is 0 Å². The first-order valence-electron chi connectivity index (χ1n) is 4.09. The Bertz CT molecular complexity index is 278. The van der Waals surface area contributed by atoms with E-state index in [0.29, 0.717) is 5.75 Å². The molecule has 0 unspecified atom stereocenters. The molecule has 0 saturated carbocycles. The first kappa shape index (κ1) is 10.8. The predicted molar refractivity (Wildman–Crippen MR) is 49.8 cm³/mol. The highest BCUT2D eigenvalue weighted by molar-refractivity contribution is 6.33. The van der Waals surface area contributed by atoms with Gasteiger partial charge in [-0.15, -0.1) is 0 Å². The highest BCUT2D eigenvalue weighted by Gasteiger charge is 2.11. The molecule has 0 bridgehead atoms. The van der Waals surface area contributed by atoms with E-state index in [1.165, 1.54) is 6.07 Å². The Morgan fingerprint density at radius 2 is 1.93 bits per heavy atom. The number of benzene rings is 1. The van der Waals surface area contributed by atoms with E-state index in [-0.39, 0.29) is 19.0 Å². The fourth-order valence-electron chi connectivity index (χ4n) is 0.923. The largest absolute Gasteiger partial charge is 0.707 e. The molecule has 6 heteroatoms. The van der Waals surface area contributed by atoms with Crippen LogP contribution in [0.5, 0.6) is 11.5 Å². The van der Waals surface area contributed by atoms with Gasteiger partial charge in [0.1, 0.15) is 18.1 Å². The molecule has 0 amide bonds. The van der Waals surface area contributed by atoms with Crippen molar-refractivity contribution < 1.29 is 24.5 Å². The van der Waals surface area contributed by atoms with Crippen LogP contribution in [0.15, 0.2) is 24.3 Å². The molecule has 76 valence electrons. The monoisotopic (exact) mass is 198 g/mol. The second-order valence-corrected chi connectivity index (χ2v) is 2.49. The quantitative estimate of drug-likeness (QED) is 0.551. The van der Waals surface area contributed by atoms with Gasteiger partial charge in [0.25, 0.3) is 0 Å². The lowest BCUT2D eigenvalue weighted by atomic mass is 10.2. The second-order valence-electron chi connectivity index (χ2n) is 2.49. The van der Waals surface area contributed by atoms with Crippen molar-refractivity contribution >= 4 is 7.32 Å². The highest BCUT2D eigenvalue weighted by Crippen LogP contribution is 2.19. The summed E-state index contributed by atoms with van der Waals surface area (Å²) in [6.45, 7) is 0.110. The number of aliphatic hydroxyl groups is 1. The number of hydrogen-bond donors (Lipinski definition) is 3. The molecule has 3 N–H and O–H groups in total. The van der Waals surface area contributed by atoms with Crippen LogP contribution in [-0.2, 0) is 0 Å². The normalized spacial score (nSPS) is 9.64. The van der Waals surface area contributed by atoms with E-state index in [4.69, 9.17) is 19.9 Å². The Kier molecular flexibility index (Phi) is 4.25. The summed E-state index contributed by atoms with van der Waals surface area (Å²) in [5.41, 5.74) is 0. The zero-order valence-electron chi connectivity index (χ0n) is 7.46. The van der Waals surface area contributed by atoms with Gasteiger partial charge in [-0.05, 0) is 12.1 Å². The molecule has 0 aliphatic rings. The van der Waals surface area contributed by atoms with Crippen LogP contribution >= 0.6 is 0 Å². The first-order chi connectivity index (χ1) is 6.72. The van der Waals surface area contributed by atoms with Crippen LogP contribution in [0.2, 0.25) is 0 Å². The smallest absolute Gasteiger partial charge is 0.512 e. The van der Waals surface area contributed by atoms with Gasteiger partial charge < -0.3 is 24.5 Å². The molecule has 0 aliphatic heterocycles. The topological polar surface area (TPSA) is 79.2 Å². The van der Waals surface area contributed by atoms with Crippen molar-refractivity contribution in [3.05, 3.63) is 24.3 Å². The van der Waals surface area contributed by atoms with Crippen LogP contribution in [0.3, 0.4) is 0 Å². The van der Waals surface area contributed by atoms with Crippen molar-refractivity contribution in [1.82, 2.24) is 0 Å². The summed E-state index contributed by atoms with van der Waals surface area (Å²) in [6.07, 6.45) is 0. The number of hydrogen-bond acceptors (Lipinski definition) is 5. The van der Waals surface area contributed by atoms with Crippen LogP contribution in [0, 0.1) is 0 Å². The molecule has 0 aromatic heterocycles. The van der Waals surface area contributed by atoms with Gasteiger partial charge in [-0.25, -0.2) is 0 Å². The van der Waals surface area contributed by atoms with Gasteiger partial charge in [0, 0.05) is 6.07 Å². The lowest BCUT2D eigenvalue weighted by molar-refractivity contribution is 0.201. The molecular formula is C8H11BO5. The van der Waals surface area contributed by atoms with Crippen LogP contribution in [-0.4, -0.2) is 35.7 Å². The summed E-state index contributed by atoms with van der Waals surface area (Å²) in [5.74, 6) is 0.785. The summed E-state index contributed by atoms with van der Waals surface area (Å²) in [6, 6.07) is 6.37. The SMILES string of the molecule is OCCOc1cccc(OB(O)O)c1.